The summed E-state index contributed by atoms with van der Waals surface area (Å²) in [5, 5.41) is 13.4. The van der Waals surface area contributed by atoms with E-state index in [4.69, 9.17) is 14.6 Å². The van der Waals surface area contributed by atoms with Crippen LogP contribution in [0.4, 0.5) is 0 Å². The molecule has 0 bridgehead atoms. The Morgan fingerprint density at radius 1 is 1.29 bits per heavy atom. The number of carboxylic acid groups (broad SMARTS) is 1. The lowest BCUT2D eigenvalue weighted by Gasteiger charge is -2.19. The number of aryl methyl sites for hydroxylation is 1. The highest BCUT2D eigenvalue weighted by atomic mass is 16.6. The number of nitrogens with zero attached hydrogens (tertiary/aromatic N) is 2. The molecule has 0 spiro atoms. The molecule has 1 aliphatic rings. The first-order chi connectivity index (χ1) is 10.1. The zero-order valence-corrected chi connectivity index (χ0v) is 11.9. The Labute approximate surface area is 121 Å². The van der Waals surface area contributed by atoms with Crippen molar-refractivity contribution in [3.63, 3.8) is 0 Å². The molecular formula is C15H16N2O4. The monoisotopic (exact) mass is 288 g/mol. The number of fused-ring (bicyclic) bond motifs is 1. The summed E-state index contributed by atoms with van der Waals surface area (Å²) >= 11 is 0. The molecule has 0 atom stereocenters. The van der Waals surface area contributed by atoms with E-state index in [1.807, 2.05) is 32.0 Å². The molecule has 0 saturated heterocycles. The first kappa shape index (κ1) is 13.5. The van der Waals surface area contributed by atoms with Crippen LogP contribution in [-0.2, 0) is 11.2 Å². The predicted molar refractivity (Wildman–Crippen MR) is 75.4 cm³/mol. The molecule has 6 nitrogen and oxygen atoms in total. The SMILES string of the molecule is Cc1nn(-c2ccc3c(c2)OCCO3)c(C)c1CC(=O)O. The largest absolute Gasteiger partial charge is 0.486 e. The van der Waals surface area contributed by atoms with Gasteiger partial charge < -0.3 is 14.6 Å². The molecule has 0 fully saturated rings. The number of carboxylic acids is 1. The van der Waals surface area contributed by atoms with Crippen LogP contribution in [-0.4, -0.2) is 34.1 Å². The van der Waals surface area contributed by atoms with Gasteiger partial charge in [0.1, 0.15) is 13.2 Å². The summed E-state index contributed by atoms with van der Waals surface area (Å²) in [6.45, 7) is 4.77. The maximum atomic E-state index is 10.9. The van der Waals surface area contributed by atoms with E-state index in [2.05, 4.69) is 5.10 Å². The van der Waals surface area contributed by atoms with Crippen molar-refractivity contribution in [2.75, 3.05) is 13.2 Å². The molecule has 0 amide bonds. The van der Waals surface area contributed by atoms with E-state index in [0.717, 1.165) is 28.4 Å². The van der Waals surface area contributed by atoms with Crippen LogP contribution in [0.5, 0.6) is 11.5 Å². The van der Waals surface area contributed by atoms with Gasteiger partial charge in [-0.25, -0.2) is 4.68 Å². The summed E-state index contributed by atoms with van der Waals surface area (Å²) in [5.41, 5.74) is 3.13. The van der Waals surface area contributed by atoms with Crippen molar-refractivity contribution in [3.05, 3.63) is 35.2 Å². The van der Waals surface area contributed by atoms with Gasteiger partial charge >= 0.3 is 5.97 Å². The van der Waals surface area contributed by atoms with E-state index >= 15 is 0 Å². The number of carbonyl (C=O) groups is 1. The summed E-state index contributed by atoms with van der Waals surface area (Å²) in [6, 6.07) is 5.59. The van der Waals surface area contributed by atoms with Crippen molar-refractivity contribution in [2.45, 2.75) is 20.3 Å². The van der Waals surface area contributed by atoms with Gasteiger partial charge in [-0.2, -0.15) is 5.10 Å². The number of ether oxygens (including phenoxy) is 2. The summed E-state index contributed by atoms with van der Waals surface area (Å²) < 4.78 is 12.8. The van der Waals surface area contributed by atoms with E-state index in [0.29, 0.717) is 19.0 Å². The molecule has 0 radical (unpaired) electrons. The lowest BCUT2D eigenvalue weighted by Crippen LogP contribution is -2.15. The predicted octanol–water partition coefficient (Wildman–Crippen LogP) is 1.89. The molecule has 1 N–H and O–H groups in total. The number of rotatable bonds is 3. The molecule has 1 aliphatic heterocycles. The molecular weight excluding hydrogens is 272 g/mol. The number of aliphatic carboxylic acids is 1. The van der Waals surface area contributed by atoms with Crippen molar-refractivity contribution < 1.29 is 19.4 Å². The normalized spacial score (nSPS) is 13.2. The highest BCUT2D eigenvalue weighted by Crippen LogP contribution is 2.32. The topological polar surface area (TPSA) is 73.6 Å². The highest BCUT2D eigenvalue weighted by Gasteiger charge is 2.17. The average Bonchev–Trinajstić information content (AvgIpc) is 2.74. The molecule has 6 heteroatoms. The van der Waals surface area contributed by atoms with Gasteiger partial charge in [-0.15, -0.1) is 0 Å². The molecule has 0 unspecified atom stereocenters. The Bertz CT molecular complexity index is 706. The molecule has 1 aromatic carbocycles. The third-order valence-electron chi connectivity index (χ3n) is 3.54. The second-order valence-corrected chi connectivity index (χ2v) is 4.96. The number of benzene rings is 1. The van der Waals surface area contributed by atoms with Crippen LogP contribution in [0.15, 0.2) is 18.2 Å². The second kappa shape index (κ2) is 5.12. The minimum Gasteiger partial charge on any atom is -0.486 e. The Morgan fingerprint density at radius 2 is 2.00 bits per heavy atom. The summed E-state index contributed by atoms with van der Waals surface area (Å²) in [6.07, 6.45) is -0.0256. The Balaban J connectivity index is 2.02. The molecule has 2 heterocycles. The number of hydrogen-bond acceptors (Lipinski definition) is 4. The van der Waals surface area contributed by atoms with Crippen molar-refractivity contribution in [3.8, 4) is 17.2 Å². The van der Waals surface area contributed by atoms with Gasteiger partial charge in [0, 0.05) is 17.3 Å². The van der Waals surface area contributed by atoms with Gasteiger partial charge in [0.05, 0.1) is 17.8 Å². The third kappa shape index (κ3) is 2.44. The van der Waals surface area contributed by atoms with Gasteiger partial charge in [0.25, 0.3) is 0 Å². The van der Waals surface area contributed by atoms with E-state index in [1.54, 1.807) is 4.68 Å². The molecule has 3 rings (SSSR count). The van der Waals surface area contributed by atoms with Crippen LogP contribution in [0.2, 0.25) is 0 Å². The maximum absolute atomic E-state index is 10.9. The summed E-state index contributed by atoms with van der Waals surface area (Å²) in [4.78, 5) is 10.9. The fourth-order valence-electron chi connectivity index (χ4n) is 2.50. The van der Waals surface area contributed by atoms with E-state index in [-0.39, 0.29) is 6.42 Å². The summed E-state index contributed by atoms with van der Waals surface area (Å²) in [5.74, 6) is 0.548. The zero-order chi connectivity index (χ0) is 15.0. The fourth-order valence-corrected chi connectivity index (χ4v) is 2.50. The highest BCUT2D eigenvalue weighted by molar-refractivity contribution is 5.71. The minimum absolute atomic E-state index is 0.0256. The molecule has 21 heavy (non-hydrogen) atoms. The minimum atomic E-state index is -0.858. The van der Waals surface area contributed by atoms with Crippen LogP contribution in [0.1, 0.15) is 17.0 Å². The smallest absolute Gasteiger partial charge is 0.307 e. The van der Waals surface area contributed by atoms with Crippen LogP contribution in [0.3, 0.4) is 0 Å². The van der Waals surface area contributed by atoms with Crippen LogP contribution in [0, 0.1) is 13.8 Å². The van der Waals surface area contributed by atoms with Gasteiger partial charge in [-0.05, 0) is 26.0 Å². The quantitative estimate of drug-likeness (QED) is 0.933. The second-order valence-electron chi connectivity index (χ2n) is 4.96. The Morgan fingerprint density at radius 3 is 2.71 bits per heavy atom. The van der Waals surface area contributed by atoms with E-state index in [1.165, 1.54) is 0 Å². The van der Waals surface area contributed by atoms with Crippen molar-refractivity contribution in [1.82, 2.24) is 9.78 Å². The van der Waals surface area contributed by atoms with Gasteiger partial charge in [-0.3, -0.25) is 4.79 Å². The van der Waals surface area contributed by atoms with Crippen molar-refractivity contribution in [1.29, 1.82) is 0 Å². The van der Waals surface area contributed by atoms with Crippen molar-refractivity contribution in [2.24, 2.45) is 0 Å². The molecule has 0 aliphatic carbocycles. The average molecular weight is 288 g/mol. The molecule has 0 saturated carbocycles. The maximum Gasteiger partial charge on any atom is 0.307 e. The zero-order valence-electron chi connectivity index (χ0n) is 11.9. The van der Waals surface area contributed by atoms with Crippen LogP contribution >= 0.6 is 0 Å². The molecule has 1 aromatic heterocycles. The standard InChI is InChI=1S/C15H16N2O4/c1-9-12(8-15(18)19)10(2)17(16-9)11-3-4-13-14(7-11)21-6-5-20-13/h3-4,7H,5-6,8H2,1-2H3,(H,18,19). The van der Waals surface area contributed by atoms with Gasteiger partial charge in [-0.1, -0.05) is 0 Å². The van der Waals surface area contributed by atoms with Gasteiger partial charge in [0.15, 0.2) is 11.5 Å². The lowest BCUT2D eigenvalue weighted by molar-refractivity contribution is -0.136. The first-order valence-corrected chi connectivity index (χ1v) is 6.73. The third-order valence-corrected chi connectivity index (χ3v) is 3.54. The number of hydrogen-bond donors (Lipinski definition) is 1. The van der Waals surface area contributed by atoms with Gasteiger partial charge in [0.2, 0.25) is 0 Å². The van der Waals surface area contributed by atoms with Crippen molar-refractivity contribution >= 4 is 5.97 Å². The Hall–Kier alpha value is -2.50. The number of aromatic nitrogens is 2. The molecule has 110 valence electrons. The summed E-state index contributed by atoms with van der Waals surface area (Å²) in [7, 11) is 0. The lowest BCUT2D eigenvalue weighted by atomic mass is 10.1. The first-order valence-electron chi connectivity index (χ1n) is 6.73. The Kier molecular flexibility index (Phi) is 3.29. The van der Waals surface area contributed by atoms with E-state index < -0.39 is 5.97 Å². The van der Waals surface area contributed by atoms with Crippen LogP contribution in [0.25, 0.3) is 5.69 Å². The van der Waals surface area contributed by atoms with E-state index in [9.17, 15) is 4.79 Å². The molecule has 2 aromatic rings. The fraction of sp³-hybridized carbons (Fsp3) is 0.333. The van der Waals surface area contributed by atoms with Crippen LogP contribution < -0.4 is 9.47 Å².